The van der Waals surface area contributed by atoms with E-state index in [1.165, 1.54) is 0 Å². The van der Waals surface area contributed by atoms with Gasteiger partial charge in [0, 0.05) is 31.4 Å². The maximum absolute atomic E-state index is 12.6. The van der Waals surface area contributed by atoms with Crippen molar-refractivity contribution in [3.05, 3.63) is 42.6 Å². The standard InChI is InChI=1S/C17H20N4O3/c22-16(20-7-13-3-1-6-24-13)15-11-23-10-12-8-21(9-14(12)15)17-18-4-2-5-19-17/h1-6,12,14-15H,7-11H2,(H,20,22)/t12-,14-,15+/m1/s1. The molecule has 7 heteroatoms. The second kappa shape index (κ2) is 6.60. The van der Waals surface area contributed by atoms with E-state index in [2.05, 4.69) is 20.2 Å². The molecule has 2 aliphatic heterocycles. The number of ether oxygens (including phenoxy) is 1. The number of hydrogen-bond donors (Lipinski definition) is 1. The fourth-order valence-electron chi connectivity index (χ4n) is 3.61. The normalized spacial score (nSPS) is 26.2. The van der Waals surface area contributed by atoms with Gasteiger partial charge < -0.3 is 19.4 Å². The number of carbonyl (C=O) groups excluding carboxylic acids is 1. The smallest absolute Gasteiger partial charge is 0.226 e. The highest BCUT2D eigenvalue weighted by molar-refractivity contribution is 5.79. The van der Waals surface area contributed by atoms with E-state index in [4.69, 9.17) is 9.15 Å². The molecule has 0 unspecified atom stereocenters. The van der Waals surface area contributed by atoms with Crippen LogP contribution in [0.2, 0.25) is 0 Å². The van der Waals surface area contributed by atoms with Crippen LogP contribution in [0, 0.1) is 17.8 Å². The molecule has 2 fully saturated rings. The van der Waals surface area contributed by atoms with Gasteiger partial charge in [0.25, 0.3) is 0 Å². The highest BCUT2D eigenvalue weighted by atomic mass is 16.5. The van der Waals surface area contributed by atoms with Gasteiger partial charge in [0.05, 0.1) is 31.9 Å². The molecule has 0 bridgehead atoms. The van der Waals surface area contributed by atoms with Crippen LogP contribution in [0.3, 0.4) is 0 Å². The van der Waals surface area contributed by atoms with Crippen molar-refractivity contribution in [1.82, 2.24) is 15.3 Å². The third-order valence-electron chi connectivity index (χ3n) is 4.83. The maximum Gasteiger partial charge on any atom is 0.226 e. The summed E-state index contributed by atoms with van der Waals surface area (Å²) in [7, 11) is 0. The van der Waals surface area contributed by atoms with E-state index >= 15 is 0 Å². The van der Waals surface area contributed by atoms with Gasteiger partial charge in [-0.3, -0.25) is 4.79 Å². The molecule has 0 spiro atoms. The van der Waals surface area contributed by atoms with Crippen LogP contribution in [-0.2, 0) is 16.1 Å². The molecule has 3 atom stereocenters. The molecular weight excluding hydrogens is 308 g/mol. The van der Waals surface area contributed by atoms with E-state index in [0.717, 1.165) is 24.8 Å². The summed E-state index contributed by atoms with van der Waals surface area (Å²) in [6.45, 7) is 3.18. The van der Waals surface area contributed by atoms with E-state index in [0.29, 0.717) is 25.7 Å². The zero-order chi connectivity index (χ0) is 16.4. The Hall–Kier alpha value is -2.41. The van der Waals surface area contributed by atoms with Gasteiger partial charge >= 0.3 is 0 Å². The second-order valence-electron chi connectivity index (χ2n) is 6.32. The Kier molecular flexibility index (Phi) is 4.17. The monoisotopic (exact) mass is 328 g/mol. The Bertz CT molecular complexity index is 676. The Morgan fingerprint density at radius 2 is 2.12 bits per heavy atom. The molecule has 126 valence electrons. The molecule has 1 N–H and O–H groups in total. The van der Waals surface area contributed by atoms with Crippen LogP contribution in [-0.4, -0.2) is 42.2 Å². The van der Waals surface area contributed by atoms with Crippen molar-refractivity contribution in [3.8, 4) is 0 Å². The van der Waals surface area contributed by atoms with Crippen LogP contribution in [0.15, 0.2) is 41.3 Å². The molecule has 2 aliphatic rings. The SMILES string of the molecule is O=C(NCc1ccco1)[C@H]1COC[C@H]2CN(c3ncccn3)C[C@H]21. The maximum atomic E-state index is 12.6. The summed E-state index contributed by atoms with van der Waals surface area (Å²) < 4.78 is 10.9. The quantitative estimate of drug-likeness (QED) is 0.905. The van der Waals surface area contributed by atoms with Crippen LogP contribution >= 0.6 is 0 Å². The summed E-state index contributed by atoms with van der Waals surface area (Å²) in [6, 6.07) is 5.47. The highest BCUT2D eigenvalue weighted by Gasteiger charge is 2.44. The summed E-state index contributed by atoms with van der Waals surface area (Å²) in [5, 5.41) is 2.96. The molecule has 2 saturated heterocycles. The van der Waals surface area contributed by atoms with Crippen LogP contribution in [0.5, 0.6) is 0 Å². The van der Waals surface area contributed by atoms with Crippen LogP contribution in [0.4, 0.5) is 5.95 Å². The Labute approximate surface area is 140 Å². The zero-order valence-electron chi connectivity index (χ0n) is 13.3. The van der Waals surface area contributed by atoms with Gasteiger partial charge in [-0.15, -0.1) is 0 Å². The van der Waals surface area contributed by atoms with Crippen LogP contribution in [0.1, 0.15) is 5.76 Å². The Morgan fingerprint density at radius 1 is 1.25 bits per heavy atom. The zero-order valence-corrected chi connectivity index (χ0v) is 13.3. The number of nitrogens with one attached hydrogen (secondary N) is 1. The molecule has 7 nitrogen and oxygen atoms in total. The summed E-state index contributed by atoms with van der Waals surface area (Å²) in [6.07, 6.45) is 5.10. The first kappa shape index (κ1) is 15.1. The minimum Gasteiger partial charge on any atom is -0.467 e. The highest BCUT2D eigenvalue weighted by Crippen LogP contribution is 2.35. The van der Waals surface area contributed by atoms with E-state index in [1.54, 1.807) is 24.7 Å². The van der Waals surface area contributed by atoms with E-state index in [9.17, 15) is 4.79 Å². The summed E-state index contributed by atoms with van der Waals surface area (Å²) in [5.74, 6) is 1.95. The van der Waals surface area contributed by atoms with Crippen molar-refractivity contribution in [1.29, 1.82) is 0 Å². The average Bonchev–Trinajstić information content (AvgIpc) is 3.29. The lowest BCUT2D eigenvalue weighted by atomic mass is 9.82. The van der Waals surface area contributed by atoms with Gasteiger partial charge in [0.1, 0.15) is 5.76 Å². The van der Waals surface area contributed by atoms with E-state index < -0.39 is 0 Å². The van der Waals surface area contributed by atoms with Crippen molar-refractivity contribution >= 4 is 11.9 Å². The third kappa shape index (κ3) is 2.99. The van der Waals surface area contributed by atoms with Gasteiger partial charge in [0.2, 0.25) is 11.9 Å². The van der Waals surface area contributed by atoms with Gasteiger partial charge in [-0.25, -0.2) is 9.97 Å². The first-order valence-corrected chi connectivity index (χ1v) is 8.21. The Morgan fingerprint density at radius 3 is 2.92 bits per heavy atom. The van der Waals surface area contributed by atoms with Gasteiger partial charge in [-0.2, -0.15) is 0 Å². The number of hydrogen-bond acceptors (Lipinski definition) is 6. The number of amides is 1. The fourth-order valence-corrected chi connectivity index (χ4v) is 3.61. The van der Waals surface area contributed by atoms with E-state index in [1.807, 2.05) is 12.1 Å². The lowest BCUT2D eigenvalue weighted by molar-refractivity contribution is -0.133. The first-order valence-electron chi connectivity index (χ1n) is 8.21. The topological polar surface area (TPSA) is 80.5 Å². The summed E-state index contributed by atoms with van der Waals surface area (Å²) in [4.78, 5) is 23.4. The molecule has 0 aromatic carbocycles. The predicted octanol–water partition coefficient (Wildman–Crippen LogP) is 1.08. The largest absolute Gasteiger partial charge is 0.467 e. The summed E-state index contributed by atoms with van der Waals surface area (Å²) >= 11 is 0. The number of furan rings is 1. The van der Waals surface area contributed by atoms with Gasteiger partial charge in [-0.05, 0) is 24.1 Å². The van der Waals surface area contributed by atoms with E-state index in [-0.39, 0.29) is 17.7 Å². The number of anilines is 1. The molecule has 4 heterocycles. The molecular formula is C17H20N4O3. The number of aromatic nitrogens is 2. The van der Waals surface area contributed by atoms with Gasteiger partial charge in [0.15, 0.2) is 0 Å². The second-order valence-corrected chi connectivity index (χ2v) is 6.32. The van der Waals surface area contributed by atoms with Crippen LogP contribution < -0.4 is 10.2 Å². The average molecular weight is 328 g/mol. The van der Waals surface area contributed by atoms with Crippen LogP contribution in [0.25, 0.3) is 0 Å². The minimum atomic E-state index is -0.146. The third-order valence-corrected chi connectivity index (χ3v) is 4.83. The molecule has 0 radical (unpaired) electrons. The van der Waals surface area contributed by atoms with Gasteiger partial charge in [-0.1, -0.05) is 0 Å². The molecule has 2 aromatic rings. The van der Waals surface area contributed by atoms with Crippen molar-refractivity contribution < 1.29 is 13.9 Å². The molecule has 2 aromatic heterocycles. The van der Waals surface area contributed by atoms with Crippen molar-refractivity contribution in [2.45, 2.75) is 6.54 Å². The number of fused-ring (bicyclic) bond motifs is 1. The molecule has 1 amide bonds. The number of rotatable bonds is 4. The lowest BCUT2D eigenvalue weighted by Crippen LogP contribution is -2.44. The fraction of sp³-hybridized carbons (Fsp3) is 0.471. The van der Waals surface area contributed by atoms with Crippen molar-refractivity contribution in [3.63, 3.8) is 0 Å². The Balaban J connectivity index is 1.42. The first-order chi connectivity index (χ1) is 11.8. The molecule has 0 saturated carbocycles. The molecule has 0 aliphatic carbocycles. The van der Waals surface area contributed by atoms with Crippen molar-refractivity contribution in [2.24, 2.45) is 17.8 Å². The number of carbonyl (C=O) groups is 1. The summed E-state index contributed by atoms with van der Waals surface area (Å²) in [5.41, 5.74) is 0. The lowest BCUT2D eigenvalue weighted by Gasteiger charge is -2.31. The molecule has 24 heavy (non-hydrogen) atoms. The number of nitrogens with zero attached hydrogens (tertiary/aromatic N) is 3. The predicted molar refractivity (Wildman–Crippen MR) is 86.1 cm³/mol. The van der Waals surface area contributed by atoms with Crippen molar-refractivity contribution in [2.75, 3.05) is 31.2 Å². The minimum absolute atomic E-state index is 0.0249. The molecule has 4 rings (SSSR count).